The first-order chi connectivity index (χ1) is 12.5. The molecule has 1 amide bonds. The number of benzene rings is 2. The summed E-state index contributed by atoms with van der Waals surface area (Å²) in [5.41, 5.74) is 1.33. The van der Waals surface area contributed by atoms with Crippen molar-refractivity contribution in [1.82, 2.24) is 5.32 Å². The van der Waals surface area contributed by atoms with Gasteiger partial charge in [-0.1, -0.05) is 11.6 Å². The molecule has 0 aromatic heterocycles. The summed E-state index contributed by atoms with van der Waals surface area (Å²) in [6.07, 6.45) is 1.66. The number of carbonyl (C=O) groups excluding carboxylic acids is 1. The second-order valence-corrected chi connectivity index (χ2v) is 6.67. The number of carbonyl (C=O) groups is 1. The molecule has 0 radical (unpaired) electrons. The van der Waals surface area contributed by atoms with Crippen molar-refractivity contribution in [3.8, 4) is 17.2 Å². The average Bonchev–Trinajstić information content (AvgIpc) is 2.97. The molecule has 3 rings (SSSR count). The first-order valence-electron chi connectivity index (χ1n) is 7.50. The monoisotopic (exact) mass is 390 g/mol. The van der Waals surface area contributed by atoms with Gasteiger partial charge in [-0.25, -0.2) is 4.99 Å². The zero-order valence-electron chi connectivity index (χ0n) is 13.9. The van der Waals surface area contributed by atoms with Gasteiger partial charge in [-0.3, -0.25) is 4.79 Å². The normalized spacial score (nSPS) is 16.8. The number of hydrogen-bond donors (Lipinski definition) is 2. The standard InChI is InChI=1S/C18H15ClN2O4S/c1-24-12-5-3-11(4-6-12)20-18-21-17(23)15(26-18)9-10-7-13(19)16(22)14(8-10)25-2/h3-9,22H,1-2H3,(H,20,21,23)/b15-9+. The minimum atomic E-state index is -0.259. The van der Waals surface area contributed by atoms with Gasteiger partial charge in [0.2, 0.25) is 0 Å². The zero-order chi connectivity index (χ0) is 18.7. The van der Waals surface area contributed by atoms with Crippen LogP contribution in [-0.4, -0.2) is 30.4 Å². The molecule has 26 heavy (non-hydrogen) atoms. The van der Waals surface area contributed by atoms with Crippen LogP contribution >= 0.6 is 23.4 Å². The minimum Gasteiger partial charge on any atom is -0.503 e. The maximum atomic E-state index is 12.2. The highest BCUT2D eigenvalue weighted by Gasteiger charge is 2.24. The van der Waals surface area contributed by atoms with Crippen LogP contribution < -0.4 is 14.8 Å². The smallest absolute Gasteiger partial charge is 0.264 e. The lowest BCUT2D eigenvalue weighted by atomic mass is 10.2. The van der Waals surface area contributed by atoms with Crippen molar-refractivity contribution < 1.29 is 19.4 Å². The first-order valence-corrected chi connectivity index (χ1v) is 8.69. The molecule has 1 fully saturated rings. The number of rotatable bonds is 4. The fourth-order valence-corrected chi connectivity index (χ4v) is 3.30. The van der Waals surface area contributed by atoms with Gasteiger partial charge in [0.1, 0.15) is 5.75 Å². The van der Waals surface area contributed by atoms with Gasteiger partial charge in [-0.05, 0) is 59.8 Å². The lowest BCUT2D eigenvalue weighted by Gasteiger charge is -2.06. The van der Waals surface area contributed by atoms with Crippen LogP contribution in [-0.2, 0) is 4.79 Å². The third kappa shape index (κ3) is 3.95. The molecule has 1 saturated heterocycles. The second kappa shape index (κ2) is 7.72. The van der Waals surface area contributed by atoms with Crippen LogP contribution in [0.3, 0.4) is 0 Å². The third-order valence-electron chi connectivity index (χ3n) is 3.52. The van der Waals surface area contributed by atoms with Gasteiger partial charge >= 0.3 is 0 Å². The van der Waals surface area contributed by atoms with Gasteiger partial charge in [-0.2, -0.15) is 0 Å². The number of methoxy groups -OCH3 is 2. The Morgan fingerprint density at radius 3 is 2.58 bits per heavy atom. The predicted octanol–water partition coefficient (Wildman–Crippen LogP) is 3.95. The highest BCUT2D eigenvalue weighted by molar-refractivity contribution is 8.18. The summed E-state index contributed by atoms with van der Waals surface area (Å²) in [5.74, 6) is 0.572. The molecule has 6 nitrogen and oxygen atoms in total. The van der Waals surface area contributed by atoms with Gasteiger partial charge in [0.15, 0.2) is 16.7 Å². The van der Waals surface area contributed by atoms with Crippen molar-refractivity contribution in [1.29, 1.82) is 0 Å². The minimum absolute atomic E-state index is 0.137. The molecule has 1 heterocycles. The number of hydrogen-bond acceptors (Lipinski definition) is 6. The van der Waals surface area contributed by atoms with E-state index in [0.717, 1.165) is 5.75 Å². The summed E-state index contributed by atoms with van der Waals surface area (Å²) in [6.45, 7) is 0. The number of halogens is 1. The van der Waals surface area contributed by atoms with Gasteiger partial charge in [-0.15, -0.1) is 0 Å². The van der Waals surface area contributed by atoms with E-state index in [1.807, 2.05) is 0 Å². The molecular weight excluding hydrogens is 376 g/mol. The Labute approximate surface area is 159 Å². The van der Waals surface area contributed by atoms with E-state index in [9.17, 15) is 9.90 Å². The summed E-state index contributed by atoms with van der Waals surface area (Å²) in [5, 5.41) is 13.1. The Morgan fingerprint density at radius 2 is 1.92 bits per heavy atom. The van der Waals surface area contributed by atoms with E-state index in [4.69, 9.17) is 21.1 Å². The molecule has 1 aliphatic rings. The van der Waals surface area contributed by atoms with Crippen molar-refractivity contribution in [2.24, 2.45) is 4.99 Å². The Balaban J connectivity index is 1.84. The molecule has 1 aliphatic heterocycles. The predicted molar refractivity (Wildman–Crippen MR) is 103 cm³/mol. The van der Waals surface area contributed by atoms with E-state index >= 15 is 0 Å². The highest BCUT2D eigenvalue weighted by atomic mass is 35.5. The van der Waals surface area contributed by atoms with Crippen molar-refractivity contribution in [2.45, 2.75) is 0 Å². The fraction of sp³-hybridized carbons (Fsp3) is 0.111. The van der Waals surface area contributed by atoms with E-state index < -0.39 is 0 Å². The molecule has 0 unspecified atom stereocenters. The quantitative estimate of drug-likeness (QED) is 0.772. The van der Waals surface area contributed by atoms with Crippen molar-refractivity contribution in [2.75, 3.05) is 14.2 Å². The first kappa shape index (κ1) is 18.2. The van der Waals surface area contributed by atoms with Crippen molar-refractivity contribution in [3.63, 3.8) is 0 Å². The maximum absolute atomic E-state index is 12.2. The molecule has 0 bridgehead atoms. The molecule has 0 atom stereocenters. The number of phenols is 1. The summed E-state index contributed by atoms with van der Waals surface area (Å²) in [6, 6.07) is 10.3. The van der Waals surface area contributed by atoms with Crippen LogP contribution in [0.1, 0.15) is 5.56 Å². The van der Waals surface area contributed by atoms with Gasteiger partial charge < -0.3 is 19.9 Å². The number of amides is 1. The summed E-state index contributed by atoms with van der Waals surface area (Å²) < 4.78 is 10.2. The highest BCUT2D eigenvalue weighted by Crippen LogP contribution is 2.37. The third-order valence-corrected chi connectivity index (χ3v) is 4.72. The molecule has 2 aromatic carbocycles. The Hall–Kier alpha value is -2.64. The van der Waals surface area contributed by atoms with Crippen LogP contribution in [0.15, 0.2) is 46.3 Å². The molecule has 0 aliphatic carbocycles. The number of thioether (sulfide) groups is 1. The molecule has 2 aromatic rings. The molecule has 8 heteroatoms. The van der Waals surface area contributed by atoms with E-state index in [1.165, 1.54) is 18.9 Å². The number of phenolic OH excluding ortho intramolecular Hbond substituents is 1. The van der Waals surface area contributed by atoms with E-state index in [-0.39, 0.29) is 22.4 Å². The van der Waals surface area contributed by atoms with Crippen molar-refractivity contribution >= 4 is 46.2 Å². The fourth-order valence-electron chi connectivity index (χ4n) is 2.24. The molecule has 0 spiro atoms. The van der Waals surface area contributed by atoms with E-state index in [1.54, 1.807) is 49.6 Å². The van der Waals surface area contributed by atoms with Gasteiger partial charge in [0.05, 0.1) is 29.8 Å². The number of aromatic hydroxyl groups is 1. The number of ether oxygens (including phenoxy) is 2. The van der Waals surface area contributed by atoms with Crippen LogP contribution in [0.5, 0.6) is 17.2 Å². The summed E-state index contributed by atoms with van der Waals surface area (Å²) in [7, 11) is 3.02. The number of nitrogens with zero attached hydrogens (tertiary/aromatic N) is 1. The topological polar surface area (TPSA) is 80.2 Å². The van der Waals surface area contributed by atoms with Gasteiger partial charge in [0.25, 0.3) is 5.91 Å². The van der Waals surface area contributed by atoms with Crippen LogP contribution in [0.25, 0.3) is 6.08 Å². The number of amidine groups is 1. The average molecular weight is 391 g/mol. The van der Waals surface area contributed by atoms with E-state index in [0.29, 0.717) is 21.3 Å². The van der Waals surface area contributed by atoms with Crippen LogP contribution in [0, 0.1) is 0 Å². The molecular formula is C18H15ClN2O4S. The maximum Gasteiger partial charge on any atom is 0.264 e. The number of nitrogens with one attached hydrogen (secondary N) is 1. The zero-order valence-corrected chi connectivity index (χ0v) is 15.5. The van der Waals surface area contributed by atoms with Crippen LogP contribution in [0.2, 0.25) is 5.02 Å². The van der Waals surface area contributed by atoms with Crippen molar-refractivity contribution in [3.05, 3.63) is 51.9 Å². The van der Waals surface area contributed by atoms with Gasteiger partial charge in [0, 0.05) is 0 Å². The van der Waals surface area contributed by atoms with E-state index in [2.05, 4.69) is 10.3 Å². The lowest BCUT2D eigenvalue weighted by molar-refractivity contribution is -0.115. The molecule has 134 valence electrons. The number of aliphatic imine (C=N–C) groups is 1. The lowest BCUT2D eigenvalue weighted by Crippen LogP contribution is -2.19. The summed E-state index contributed by atoms with van der Waals surface area (Å²) in [4.78, 5) is 17.0. The second-order valence-electron chi connectivity index (χ2n) is 5.23. The molecule has 2 N–H and O–H groups in total. The SMILES string of the molecule is COc1ccc(N=C2NC(=O)/C(=C\c3cc(Cl)c(O)c(OC)c3)S2)cc1. The Bertz CT molecular complexity index is 910. The summed E-state index contributed by atoms with van der Waals surface area (Å²) >= 11 is 7.19. The van der Waals surface area contributed by atoms with Crippen LogP contribution in [0.4, 0.5) is 5.69 Å². The Kier molecular flexibility index (Phi) is 5.39. The molecule has 0 saturated carbocycles. The Morgan fingerprint density at radius 1 is 1.19 bits per heavy atom. The largest absolute Gasteiger partial charge is 0.503 e.